The zero-order valence-corrected chi connectivity index (χ0v) is 15.2. The van der Waals surface area contributed by atoms with Gasteiger partial charge >= 0.3 is 5.97 Å². The zero-order valence-electron chi connectivity index (χ0n) is 15.2. The minimum absolute atomic E-state index is 0.0182. The summed E-state index contributed by atoms with van der Waals surface area (Å²) in [6.07, 6.45) is 1.47. The van der Waals surface area contributed by atoms with Crippen molar-refractivity contribution in [3.05, 3.63) is 70.3 Å². The van der Waals surface area contributed by atoms with Gasteiger partial charge in [-0.25, -0.2) is 0 Å². The van der Waals surface area contributed by atoms with E-state index in [0.29, 0.717) is 18.8 Å². The van der Waals surface area contributed by atoms with Crippen molar-refractivity contribution in [3.63, 3.8) is 0 Å². The molecule has 28 heavy (non-hydrogen) atoms. The number of nitro benzene ring substituents is 1. The standard InChI is InChI=1S/C20H21N3O5/c24-18(22-13-12-21-16-6-8-17(9-7-16)23(26)27)14-28-19(25)20(10-11-20)15-4-2-1-3-5-15/h1-9,21H,10-14H2,(H,22,24). The second kappa shape index (κ2) is 8.51. The summed E-state index contributed by atoms with van der Waals surface area (Å²) < 4.78 is 5.20. The molecule has 2 aromatic carbocycles. The number of nitrogens with one attached hydrogen (secondary N) is 2. The minimum atomic E-state index is -0.598. The smallest absolute Gasteiger partial charge is 0.317 e. The summed E-state index contributed by atoms with van der Waals surface area (Å²) in [5, 5.41) is 16.3. The van der Waals surface area contributed by atoms with E-state index in [1.165, 1.54) is 12.1 Å². The summed E-state index contributed by atoms with van der Waals surface area (Å²) in [5.74, 6) is -0.736. The molecule has 0 saturated heterocycles. The Balaban J connectivity index is 1.36. The molecule has 2 N–H and O–H groups in total. The molecular weight excluding hydrogens is 362 g/mol. The average molecular weight is 383 g/mol. The van der Waals surface area contributed by atoms with Crippen LogP contribution in [0.4, 0.5) is 11.4 Å². The number of rotatable bonds is 9. The average Bonchev–Trinajstić information content (AvgIpc) is 3.52. The van der Waals surface area contributed by atoms with E-state index in [1.54, 1.807) is 12.1 Å². The minimum Gasteiger partial charge on any atom is -0.455 e. The highest BCUT2D eigenvalue weighted by molar-refractivity contribution is 5.88. The normalized spacial score (nSPS) is 14.0. The number of carbonyl (C=O) groups is 2. The van der Waals surface area contributed by atoms with Crippen molar-refractivity contribution >= 4 is 23.3 Å². The van der Waals surface area contributed by atoms with Gasteiger partial charge in [-0.2, -0.15) is 0 Å². The van der Waals surface area contributed by atoms with Gasteiger partial charge in [0.25, 0.3) is 11.6 Å². The fraction of sp³-hybridized carbons (Fsp3) is 0.300. The molecule has 1 aliphatic rings. The monoisotopic (exact) mass is 383 g/mol. The number of carbonyl (C=O) groups excluding carboxylic acids is 2. The van der Waals surface area contributed by atoms with Gasteiger partial charge in [0.15, 0.2) is 6.61 Å². The van der Waals surface area contributed by atoms with Crippen LogP contribution in [0, 0.1) is 10.1 Å². The number of esters is 1. The molecule has 1 aliphatic carbocycles. The number of ether oxygens (including phenoxy) is 1. The number of benzene rings is 2. The fourth-order valence-electron chi connectivity index (χ4n) is 2.92. The molecule has 1 saturated carbocycles. The summed E-state index contributed by atoms with van der Waals surface area (Å²) in [6, 6.07) is 15.5. The highest BCUT2D eigenvalue weighted by atomic mass is 16.6. The van der Waals surface area contributed by atoms with E-state index in [9.17, 15) is 19.7 Å². The third-order valence-electron chi connectivity index (χ3n) is 4.66. The van der Waals surface area contributed by atoms with E-state index in [2.05, 4.69) is 10.6 Å². The molecule has 0 unspecified atom stereocenters. The first-order valence-corrected chi connectivity index (χ1v) is 8.99. The van der Waals surface area contributed by atoms with Crippen molar-refractivity contribution < 1.29 is 19.2 Å². The molecule has 1 amide bonds. The number of nitro groups is 1. The quantitative estimate of drug-likeness (QED) is 0.298. The summed E-state index contributed by atoms with van der Waals surface area (Å²) in [4.78, 5) is 34.4. The number of hydrogen-bond donors (Lipinski definition) is 2. The molecule has 0 heterocycles. The topological polar surface area (TPSA) is 111 Å². The second-order valence-corrected chi connectivity index (χ2v) is 6.60. The van der Waals surface area contributed by atoms with Crippen molar-refractivity contribution in [2.45, 2.75) is 18.3 Å². The highest BCUT2D eigenvalue weighted by Gasteiger charge is 2.52. The van der Waals surface area contributed by atoms with E-state index in [0.717, 1.165) is 18.4 Å². The van der Waals surface area contributed by atoms with Crippen LogP contribution >= 0.6 is 0 Å². The van der Waals surface area contributed by atoms with Gasteiger partial charge in [-0.15, -0.1) is 0 Å². The van der Waals surface area contributed by atoms with Crippen LogP contribution in [0.25, 0.3) is 0 Å². The Kier molecular flexibility index (Phi) is 5.88. The van der Waals surface area contributed by atoms with Crippen molar-refractivity contribution in [2.24, 2.45) is 0 Å². The van der Waals surface area contributed by atoms with Crippen molar-refractivity contribution in [1.82, 2.24) is 5.32 Å². The number of anilines is 1. The van der Waals surface area contributed by atoms with Crippen LogP contribution < -0.4 is 10.6 Å². The summed E-state index contributed by atoms with van der Waals surface area (Å²) in [7, 11) is 0. The lowest BCUT2D eigenvalue weighted by Gasteiger charge is -2.14. The zero-order chi connectivity index (χ0) is 20.0. The lowest BCUT2D eigenvalue weighted by Crippen LogP contribution is -2.34. The van der Waals surface area contributed by atoms with Crippen molar-refractivity contribution in [3.8, 4) is 0 Å². The molecule has 0 aromatic heterocycles. The largest absolute Gasteiger partial charge is 0.455 e. The lowest BCUT2D eigenvalue weighted by atomic mass is 9.96. The number of non-ortho nitro benzene ring substituents is 1. The van der Waals surface area contributed by atoms with Crippen molar-refractivity contribution in [1.29, 1.82) is 0 Å². The second-order valence-electron chi connectivity index (χ2n) is 6.60. The molecule has 0 bridgehead atoms. The summed E-state index contributed by atoms with van der Waals surface area (Å²) in [5.41, 5.74) is 1.06. The van der Waals surface area contributed by atoms with E-state index < -0.39 is 10.3 Å². The van der Waals surface area contributed by atoms with Crippen LogP contribution in [-0.4, -0.2) is 36.5 Å². The highest BCUT2D eigenvalue weighted by Crippen LogP contribution is 2.49. The first-order chi connectivity index (χ1) is 13.5. The molecule has 8 heteroatoms. The first-order valence-electron chi connectivity index (χ1n) is 8.99. The van der Waals surface area contributed by atoms with Crippen molar-refractivity contribution in [2.75, 3.05) is 25.0 Å². The van der Waals surface area contributed by atoms with Crippen LogP contribution in [0.3, 0.4) is 0 Å². The van der Waals surface area contributed by atoms with Gasteiger partial charge in [0, 0.05) is 30.9 Å². The number of amides is 1. The third kappa shape index (κ3) is 4.64. The maximum absolute atomic E-state index is 12.4. The van der Waals surface area contributed by atoms with Gasteiger partial charge in [-0.1, -0.05) is 30.3 Å². The van der Waals surface area contributed by atoms with Gasteiger partial charge in [0.2, 0.25) is 0 Å². The number of nitrogens with zero attached hydrogens (tertiary/aromatic N) is 1. The molecule has 0 spiro atoms. The fourth-order valence-corrected chi connectivity index (χ4v) is 2.92. The predicted octanol–water partition coefficient (Wildman–Crippen LogP) is 2.40. The van der Waals surface area contributed by atoms with Crippen LogP contribution in [0.15, 0.2) is 54.6 Å². The maximum Gasteiger partial charge on any atom is 0.317 e. The van der Waals surface area contributed by atoms with E-state index in [1.807, 2.05) is 30.3 Å². The van der Waals surface area contributed by atoms with Crippen LogP contribution in [0.1, 0.15) is 18.4 Å². The van der Waals surface area contributed by atoms with Crippen LogP contribution in [0.5, 0.6) is 0 Å². The van der Waals surface area contributed by atoms with Gasteiger partial charge in [0.05, 0.1) is 10.3 Å². The van der Waals surface area contributed by atoms with Crippen LogP contribution in [0.2, 0.25) is 0 Å². The molecule has 0 radical (unpaired) electrons. The van der Waals surface area contributed by atoms with E-state index in [4.69, 9.17) is 4.74 Å². The Hall–Kier alpha value is -3.42. The van der Waals surface area contributed by atoms with Gasteiger partial charge in [0.1, 0.15) is 0 Å². The summed E-state index contributed by atoms with van der Waals surface area (Å²) in [6.45, 7) is 0.452. The van der Waals surface area contributed by atoms with Gasteiger partial charge < -0.3 is 15.4 Å². The van der Waals surface area contributed by atoms with Gasteiger partial charge in [-0.3, -0.25) is 19.7 Å². The molecule has 3 rings (SSSR count). The third-order valence-corrected chi connectivity index (χ3v) is 4.66. The van der Waals surface area contributed by atoms with E-state index >= 15 is 0 Å². The van der Waals surface area contributed by atoms with Crippen LogP contribution in [-0.2, 0) is 19.7 Å². The Morgan fingerprint density at radius 2 is 1.71 bits per heavy atom. The Labute approximate surface area is 162 Å². The molecular formula is C20H21N3O5. The molecule has 2 aromatic rings. The molecule has 0 atom stereocenters. The predicted molar refractivity (Wildman–Crippen MR) is 103 cm³/mol. The lowest BCUT2D eigenvalue weighted by molar-refractivity contribution is -0.384. The molecule has 0 aliphatic heterocycles. The molecule has 146 valence electrons. The Morgan fingerprint density at radius 1 is 1.04 bits per heavy atom. The Morgan fingerprint density at radius 3 is 2.32 bits per heavy atom. The molecule has 1 fully saturated rings. The van der Waals surface area contributed by atoms with Gasteiger partial charge in [-0.05, 0) is 30.5 Å². The molecule has 8 nitrogen and oxygen atoms in total. The van der Waals surface area contributed by atoms with E-state index in [-0.39, 0.29) is 24.2 Å². The summed E-state index contributed by atoms with van der Waals surface area (Å²) >= 11 is 0. The first kappa shape index (κ1) is 19.3. The SMILES string of the molecule is O=C(COC(=O)C1(c2ccccc2)CC1)NCCNc1ccc([N+](=O)[O-])cc1. The maximum atomic E-state index is 12.4. The Bertz CT molecular complexity index is 848. The number of hydrogen-bond acceptors (Lipinski definition) is 6.